The Kier molecular flexibility index (Phi) is 8.98. The van der Waals surface area contributed by atoms with Gasteiger partial charge in [-0.3, -0.25) is 0 Å². The molecule has 0 spiro atoms. The zero-order valence-corrected chi connectivity index (χ0v) is 26.3. The first-order valence-electron chi connectivity index (χ1n) is 16.0. The fourth-order valence-electron chi connectivity index (χ4n) is 6.51. The Balaban J connectivity index is 1.29. The van der Waals surface area contributed by atoms with Crippen LogP contribution in [-0.4, -0.2) is 7.28 Å². The van der Waals surface area contributed by atoms with E-state index < -0.39 is 0 Å². The summed E-state index contributed by atoms with van der Waals surface area (Å²) < 4.78 is 0. The van der Waals surface area contributed by atoms with E-state index in [2.05, 4.69) is 161 Å². The topological polar surface area (TPSA) is 3.24 Å². The second kappa shape index (κ2) is 13.4. The first-order valence-corrected chi connectivity index (χ1v) is 16.0. The van der Waals surface area contributed by atoms with Gasteiger partial charge in [0, 0.05) is 17.1 Å². The maximum Gasteiger partial charge on any atom is 0.187 e. The molecule has 0 bridgehead atoms. The lowest BCUT2D eigenvalue weighted by molar-refractivity contribution is 0.791. The Morgan fingerprint density at radius 2 is 1.45 bits per heavy atom. The van der Waals surface area contributed by atoms with Crippen molar-refractivity contribution in [3.05, 3.63) is 156 Å². The predicted molar refractivity (Wildman–Crippen MR) is 193 cm³/mol. The van der Waals surface area contributed by atoms with E-state index in [0.29, 0.717) is 5.92 Å². The number of fused-ring (bicyclic) bond motifs is 2. The van der Waals surface area contributed by atoms with Crippen molar-refractivity contribution in [1.82, 2.24) is 0 Å². The minimum Gasteiger partial charge on any atom is -0.315 e. The van der Waals surface area contributed by atoms with Gasteiger partial charge in [-0.2, -0.15) is 0 Å². The highest BCUT2D eigenvalue weighted by Gasteiger charge is 2.23. The maximum absolute atomic E-state index is 3.91. The predicted octanol–water partition coefficient (Wildman–Crippen LogP) is 11.2. The molecule has 0 amide bonds. The molecule has 6 rings (SSSR count). The Bertz CT molecular complexity index is 1830. The first-order chi connectivity index (χ1) is 21.6. The van der Waals surface area contributed by atoms with Gasteiger partial charge in [0.2, 0.25) is 0 Å². The van der Waals surface area contributed by atoms with Crippen molar-refractivity contribution in [1.29, 1.82) is 0 Å². The lowest BCUT2D eigenvalue weighted by Crippen LogP contribution is -2.14. The summed E-state index contributed by atoms with van der Waals surface area (Å²) in [4.78, 5) is 2.38. The SMILES string of the molecule is C=CCC/C=C(\C)N(c1ccc(-c2ccccc2)cc1)c1ccc2cc([C@@H](C)CC3=C(CC)[B]c4ccccc43)ccc2c1. The van der Waals surface area contributed by atoms with E-state index in [1.165, 1.54) is 60.9 Å². The van der Waals surface area contributed by atoms with Crippen molar-refractivity contribution < 1.29 is 0 Å². The molecule has 0 aromatic heterocycles. The van der Waals surface area contributed by atoms with Crippen LogP contribution < -0.4 is 10.4 Å². The molecule has 0 aliphatic carbocycles. The van der Waals surface area contributed by atoms with Crippen molar-refractivity contribution in [2.75, 3.05) is 4.90 Å². The Morgan fingerprint density at radius 3 is 2.23 bits per heavy atom. The first kappa shape index (κ1) is 29.5. The van der Waals surface area contributed by atoms with Crippen LogP contribution in [0.1, 0.15) is 63.5 Å². The quantitative estimate of drug-likeness (QED) is 0.0867. The highest BCUT2D eigenvalue weighted by atomic mass is 15.1. The van der Waals surface area contributed by atoms with Crippen molar-refractivity contribution in [2.24, 2.45) is 0 Å². The van der Waals surface area contributed by atoms with Crippen LogP contribution in [0.4, 0.5) is 11.4 Å². The molecule has 0 unspecified atom stereocenters. The smallest absolute Gasteiger partial charge is 0.187 e. The number of rotatable bonds is 11. The second-order valence-corrected chi connectivity index (χ2v) is 11.9. The molecule has 1 atom stereocenters. The second-order valence-electron chi connectivity index (χ2n) is 11.9. The molecule has 2 heteroatoms. The van der Waals surface area contributed by atoms with Gasteiger partial charge in [-0.15, -0.1) is 6.58 Å². The maximum atomic E-state index is 3.91. The molecule has 0 N–H and O–H groups in total. The van der Waals surface area contributed by atoms with Gasteiger partial charge in [-0.05, 0) is 95.8 Å². The summed E-state index contributed by atoms with van der Waals surface area (Å²) in [5.74, 6) is 0.435. The van der Waals surface area contributed by atoms with E-state index in [1.54, 1.807) is 0 Å². The molecular weight excluding hydrogens is 529 g/mol. The highest BCUT2D eigenvalue weighted by molar-refractivity contribution is 6.66. The number of hydrogen-bond donors (Lipinski definition) is 0. The Hall–Kier alpha value is -4.56. The minimum absolute atomic E-state index is 0.435. The summed E-state index contributed by atoms with van der Waals surface area (Å²) in [6.07, 6.45) is 8.38. The normalized spacial score (nSPS) is 13.5. The molecule has 0 saturated carbocycles. The molecule has 1 radical (unpaired) electrons. The summed E-state index contributed by atoms with van der Waals surface area (Å²) in [7, 11) is 2.38. The number of benzene rings is 5. The fourth-order valence-corrected chi connectivity index (χ4v) is 6.51. The van der Waals surface area contributed by atoms with E-state index in [4.69, 9.17) is 0 Å². The van der Waals surface area contributed by atoms with Gasteiger partial charge in [-0.25, -0.2) is 0 Å². The summed E-state index contributed by atoms with van der Waals surface area (Å²) in [6, 6.07) is 42.3. The monoisotopic (exact) mass is 570 g/mol. The number of allylic oxidation sites excluding steroid dienone is 5. The van der Waals surface area contributed by atoms with Crippen molar-refractivity contribution in [2.45, 2.75) is 52.4 Å². The molecule has 1 aliphatic heterocycles. The number of unbranched alkanes of at least 4 members (excludes halogenated alkanes) is 1. The standard InChI is InChI=1S/C42H41BN/c1-5-7-9-14-31(4)44(37-24-21-33(22-25-37)32-15-10-8-11-16-32)38-26-23-35-28-34(19-20-36(35)29-38)30(3)27-40-39-17-12-13-18-42(39)43-41(40)6-2/h5,8,10-26,28-30H,1,6-7,9,27H2,2-4H3/b31-14+/t30-/m0/s1. The van der Waals surface area contributed by atoms with Gasteiger partial charge < -0.3 is 4.90 Å². The fraction of sp³-hybridized carbons (Fsp3) is 0.190. The largest absolute Gasteiger partial charge is 0.315 e. The molecule has 0 saturated heterocycles. The van der Waals surface area contributed by atoms with Crippen LogP contribution in [0.15, 0.2) is 145 Å². The van der Waals surface area contributed by atoms with E-state index in [1.807, 2.05) is 6.08 Å². The van der Waals surface area contributed by atoms with Crippen LogP contribution in [0.25, 0.3) is 27.5 Å². The molecule has 1 nitrogen and oxygen atoms in total. The number of nitrogens with zero attached hydrogens (tertiary/aromatic N) is 1. The average molecular weight is 571 g/mol. The summed E-state index contributed by atoms with van der Waals surface area (Å²) in [6.45, 7) is 10.8. The van der Waals surface area contributed by atoms with E-state index in [-0.39, 0.29) is 0 Å². The minimum atomic E-state index is 0.435. The third-order valence-corrected chi connectivity index (χ3v) is 8.97. The van der Waals surface area contributed by atoms with Crippen molar-refractivity contribution in [3.63, 3.8) is 0 Å². The van der Waals surface area contributed by atoms with E-state index >= 15 is 0 Å². The molecule has 0 fully saturated rings. The van der Waals surface area contributed by atoms with Gasteiger partial charge in [0.1, 0.15) is 0 Å². The molecule has 1 aliphatic rings. The zero-order chi connectivity index (χ0) is 30.5. The molecule has 217 valence electrons. The number of anilines is 2. The summed E-state index contributed by atoms with van der Waals surface area (Å²) >= 11 is 0. The van der Waals surface area contributed by atoms with Gasteiger partial charge in [0.25, 0.3) is 0 Å². The van der Waals surface area contributed by atoms with Crippen LogP contribution in [-0.2, 0) is 0 Å². The van der Waals surface area contributed by atoms with Crippen molar-refractivity contribution in [3.8, 4) is 11.1 Å². The van der Waals surface area contributed by atoms with Crippen LogP contribution in [0.3, 0.4) is 0 Å². The third-order valence-electron chi connectivity index (χ3n) is 8.97. The van der Waals surface area contributed by atoms with Crippen LogP contribution in [0, 0.1) is 0 Å². The summed E-state index contributed by atoms with van der Waals surface area (Å²) in [5.41, 5.74) is 13.2. The molecular formula is C42H41BN. The van der Waals surface area contributed by atoms with Gasteiger partial charge in [-0.1, -0.05) is 134 Å². The Morgan fingerprint density at radius 1 is 0.773 bits per heavy atom. The molecule has 1 heterocycles. The molecule has 5 aromatic carbocycles. The van der Waals surface area contributed by atoms with Crippen LogP contribution in [0.5, 0.6) is 0 Å². The van der Waals surface area contributed by atoms with Crippen molar-refractivity contribution >= 4 is 40.5 Å². The lowest BCUT2D eigenvalue weighted by atomic mass is 9.65. The van der Waals surface area contributed by atoms with Gasteiger partial charge in [0.05, 0.1) is 0 Å². The van der Waals surface area contributed by atoms with Crippen LogP contribution >= 0.6 is 0 Å². The lowest BCUT2D eigenvalue weighted by Gasteiger charge is -2.27. The Labute approximate surface area is 264 Å². The van der Waals surface area contributed by atoms with Crippen LogP contribution in [0.2, 0.25) is 0 Å². The number of hydrogen-bond acceptors (Lipinski definition) is 1. The third kappa shape index (κ3) is 6.22. The zero-order valence-electron chi connectivity index (χ0n) is 26.3. The van der Waals surface area contributed by atoms with E-state index in [9.17, 15) is 0 Å². The van der Waals surface area contributed by atoms with Gasteiger partial charge >= 0.3 is 0 Å². The molecule has 5 aromatic rings. The molecule has 44 heavy (non-hydrogen) atoms. The van der Waals surface area contributed by atoms with E-state index in [0.717, 1.165) is 31.4 Å². The average Bonchev–Trinajstić information content (AvgIpc) is 3.42. The highest BCUT2D eigenvalue weighted by Crippen LogP contribution is 2.37. The van der Waals surface area contributed by atoms with Gasteiger partial charge in [0.15, 0.2) is 7.28 Å². The summed E-state index contributed by atoms with van der Waals surface area (Å²) in [5, 5.41) is 2.55.